The molecule has 18 heavy (non-hydrogen) atoms. The van der Waals surface area contributed by atoms with Gasteiger partial charge in [0.1, 0.15) is 0 Å². The maximum absolute atomic E-state index is 4.54. The molecule has 0 spiro atoms. The van der Waals surface area contributed by atoms with Crippen molar-refractivity contribution in [1.82, 2.24) is 14.7 Å². The lowest BCUT2D eigenvalue weighted by Gasteiger charge is -2.04. The van der Waals surface area contributed by atoms with Crippen LogP contribution in [0.4, 0.5) is 0 Å². The van der Waals surface area contributed by atoms with Crippen LogP contribution in [-0.2, 0) is 6.42 Å². The van der Waals surface area contributed by atoms with E-state index in [0.717, 1.165) is 42.5 Å². The standard InChI is InChI=1S/C14H21N3S/c1-12(2)10-15-7-5-3-4-6-13-11-17-8-9-18-14(17)16-13/h3-4,8-9,11-12,15H,5-7,10H2,1-2H3/b4-3+. The second-order valence-corrected chi connectivity index (χ2v) is 5.76. The van der Waals surface area contributed by atoms with E-state index >= 15 is 0 Å². The molecule has 0 saturated heterocycles. The van der Waals surface area contributed by atoms with Gasteiger partial charge in [-0.3, -0.25) is 4.40 Å². The number of aromatic nitrogens is 2. The van der Waals surface area contributed by atoms with Crippen LogP contribution in [-0.4, -0.2) is 22.5 Å². The highest BCUT2D eigenvalue weighted by Gasteiger charge is 1.99. The van der Waals surface area contributed by atoms with E-state index < -0.39 is 0 Å². The molecule has 2 aromatic heterocycles. The Morgan fingerprint density at radius 2 is 2.33 bits per heavy atom. The first-order valence-electron chi connectivity index (χ1n) is 6.52. The minimum absolute atomic E-state index is 0.729. The minimum atomic E-state index is 0.729. The van der Waals surface area contributed by atoms with Crippen LogP contribution >= 0.6 is 11.3 Å². The van der Waals surface area contributed by atoms with Crippen molar-refractivity contribution in [2.24, 2.45) is 5.92 Å². The molecular weight excluding hydrogens is 242 g/mol. The first kappa shape index (κ1) is 13.3. The molecule has 0 aliphatic rings. The Labute approximate surface area is 113 Å². The number of allylic oxidation sites excluding steroid dienone is 1. The summed E-state index contributed by atoms with van der Waals surface area (Å²) < 4.78 is 2.08. The highest BCUT2D eigenvalue weighted by molar-refractivity contribution is 7.15. The topological polar surface area (TPSA) is 29.3 Å². The molecule has 0 aliphatic carbocycles. The highest BCUT2D eigenvalue weighted by Crippen LogP contribution is 2.11. The van der Waals surface area contributed by atoms with Crippen molar-refractivity contribution in [3.63, 3.8) is 0 Å². The molecule has 0 radical (unpaired) electrons. The lowest BCUT2D eigenvalue weighted by Crippen LogP contribution is -2.20. The zero-order valence-electron chi connectivity index (χ0n) is 11.1. The molecule has 2 aromatic rings. The van der Waals surface area contributed by atoms with Crippen molar-refractivity contribution in [2.45, 2.75) is 26.7 Å². The van der Waals surface area contributed by atoms with Crippen molar-refractivity contribution in [2.75, 3.05) is 13.1 Å². The lowest BCUT2D eigenvalue weighted by atomic mass is 10.2. The van der Waals surface area contributed by atoms with Gasteiger partial charge < -0.3 is 5.32 Å². The summed E-state index contributed by atoms with van der Waals surface area (Å²) in [5, 5.41) is 5.49. The third-order valence-electron chi connectivity index (χ3n) is 2.68. The molecule has 0 bridgehead atoms. The Bertz CT molecular complexity index is 467. The summed E-state index contributed by atoms with van der Waals surface area (Å²) >= 11 is 1.68. The van der Waals surface area contributed by atoms with Crippen molar-refractivity contribution >= 4 is 16.3 Å². The average Bonchev–Trinajstić information content (AvgIpc) is 2.87. The predicted octanol–water partition coefficient (Wildman–Crippen LogP) is 3.13. The molecule has 0 saturated carbocycles. The van der Waals surface area contributed by atoms with Gasteiger partial charge >= 0.3 is 0 Å². The van der Waals surface area contributed by atoms with Crippen molar-refractivity contribution in [3.05, 3.63) is 35.6 Å². The molecule has 0 fully saturated rings. The fourth-order valence-electron chi connectivity index (χ4n) is 1.77. The molecule has 2 heterocycles. The maximum Gasteiger partial charge on any atom is 0.193 e. The van der Waals surface area contributed by atoms with Crippen molar-refractivity contribution in [1.29, 1.82) is 0 Å². The fraction of sp³-hybridized carbons (Fsp3) is 0.500. The Kier molecular flexibility index (Phi) is 4.96. The van der Waals surface area contributed by atoms with E-state index in [4.69, 9.17) is 0 Å². The number of rotatable bonds is 7. The zero-order chi connectivity index (χ0) is 12.8. The van der Waals surface area contributed by atoms with Crippen LogP contribution in [0, 0.1) is 5.92 Å². The van der Waals surface area contributed by atoms with E-state index in [9.17, 15) is 0 Å². The van der Waals surface area contributed by atoms with E-state index in [1.165, 1.54) is 0 Å². The minimum Gasteiger partial charge on any atom is -0.316 e. The number of fused-ring (bicyclic) bond motifs is 1. The van der Waals surface area contributed by atoms with E-state index in [2.05, 4.69) is 58.5 Å². The quantitative estimate of drug-likeness (QED) is 0.614. The van der Waals surface area contributed by atoms with Gasteiger partial charge in [0.15, 0.2) is 4.96 Å². The summed E-state index contributed by atoms with van der Waals surface area (Å²) in [7, 11) is 0. The Morgan fingerprint density at radius 1 is 1.44 bits per heavy atom. The molecule has 0 aliphatic heterocycles. The summed E-state index contributed by atoms with van der Waals surface area (Å²) in [5.41, 5.74) is 1.15. The van der Waals surface area contributed by atoms with Crippen molar-refractivity contribution < 1.29 is 0 Å². The first-order valence-corrected chi connectivity index (χ1v) is 7.40. The zero-order valence-corrected chi connectivity index (χ0v) is 11.9. The highest BCUT2D eigenvalue weighted by atomic mass is 32.1. The summed E-state index contributed by atoms with van der Waals surface area (Å²) in [4.78, 5) is 5.63. The van der Waals surface area contributed by atoms with Crippen molar-refractivity contribution in [3.8, 4) is 0 Å². The summed E-state index contributed by atoms with van der Waals surface area (Å²) in [5.74, 6) is 0.729. The molecular formula is C14H21N3S. The normalized spacial score (nSPS) is 12.2. The van der Waals surface area contributed by atoms with Crippen LogP contribution < -0.4 is 5.32 Å². The Morgan fingerprint density at radius 3 is 3.11 bits per heavy atom. The van der Waals surface area contributed by atoms with Gasteiger partial charge in [0.25, 0.3) is 0 Å². The summed E-state index contributed by atoms with van der Waals surface area (Å²) in [6, 6.07) is 0. The monoisotopic (exact) mass is 263 g/mol. The first-order chi connectivity index (χ1) is 8.75. The second kappa shape index (κ2) is 6.71. The van der Waals surface area contributed by atoms with Crippen LogP contribution in [0.3, 0.4) is 0 Å². The second-order valence-electron chi connectivity index (χ2n) is 4.89. The van der Waals surface area contributed by atoms with E-state index in [0.29, 0.717) is 0 Å². The number of hydrogen-bond acceptors (Lipinski definition) is 3. The molecule has 0 atom stereocenters. The summed E-state index contributed by atoms with van der Waals surface area (Å²) in [6.07, 6.45) is 10.6. The molecule has 3 nitrogen and oxygen atoms in total. The smallest absolute Gasteiger partial charge is 0.193 e. The van der Waals surface area contributed by atoms with Crippen LogP contribution in [0.15, 0.2) is 29.9 Å². The van der Waals surface area contributed by atoms with Gasteiger partial charge in [-0.1, -0.05) is 26.0 Å². The third-order valence-corrected chi connectivity index (χ3v) is 3.45. The lowest BCUT2D eigenvalue weighted by molar-refractivity contribution is 0.556. The van der Waals surface area contributed by atoms with Gasteiger partial charge in [-0.25, -0.2) is 4.98 Å². The van der Waals surface area contributed by atoms with Gasteiger partial charge in [-0.15, -0.1) is 11.3 Å². The van der Waals surface area contributed by atoms with Crippen LogP contribution in [0.1, 0.15) is 26.0 Å². The van der Waals surface area contributed by atoms with E-state index in [1.54, 1.807) is 11.3 Å². The van der Waals surface area contributed by atoms with Gasteiger partial charge in [-0.05, 0) is 25.4 Å². The molecule has 0 aromatic carbocycles. The fourth-order valence-corrected chi connectivity index (χ4v) is 2.49. The van der Waals surface area contributed by atoms with Crippen LogP contribution in [0.25, 0.3) is 4.96 Å². The number of nitrogens with zero attached hydrogens (tertiary/aromatic N) is 2. The number of nitrogens with one attached hydrogen (secondary N) is 1. The van der Waals surface area contributed by atoms with Gasteiger partial charge in [0.2, 0.25) is 0 Å². The van der Waals surface area contributed by atoms with Crippen LogP contribution in [0.5, 0.6) is 0 Å². The summed E-state index contributed by atoms with van der Waals surface area (Å²) in [6.45, 7) is 6.62. The van der Waals surface area contributed by atoms with Gasteiger partial charge in [-0.2, -0.15) is 0 Å². The Balaban J connectivity index is 1.66. The Hall–Kier alpha value is -1.13. The third kappa shape index (κ3) is 3.96. The number of imidazole rings is 1. The maximum atomic E-state index is 4.54. The molecule has 2 rings (SSSR count). The molecule has 98 valence electrons. The van der Waals surface area contributed by atoms with E-state index in [-0.39, 0.29) is 0 Å². The molecule has 0 amide bonds. The molecule has 4 heteroatoms. The molecule has 1 N–H and O–H groups in total. The number of thiazole rings is 1. The predicted molar refractivity (Wildman–Crippen MR) is 78.2 cm³/mol. The van der Waals surface area contributed by atoms with E-state index in [1.807, 2.05) is 0 Å². The van der Waals surface area contributed by atoms with Crippen LogP contribution in [0.2, 0.25) is 0 Å². The molecule has 0 unspecified atom stereocenters. The van der Waals surface area contributed by atoms with Gasteiger partial charge in [0.05, 0.1) is 5.69 Å². The largest absolute Gasteiger partial charge is 0.316 e. The number of hydrogen-bond donors (Lipinski definition) is 1. The van der Waals surface area contributed by atoms with Gasteiger partial charge in [0, 0.05) is 24.2 Å². The SMILES string of the molecule is CC(C)CNCC/C=C/Cc1cn2ccsc2n1. The average molecular weight is 263 g/mol.